The molecule has 4 aromatic rings. The molecule has 0 bridgehead atoms. The summed E-state index contributed by atoms with van der Waals surface area (Å²) < 4.78 is 55.2. The normalized spacial score (nSPS) is 11.7. The summed E-state index contributed by atoms with van der Waals surface area (Å²) in [6.07, 6.45) is -0.879. The first-order chi connectivity index (χ1) is 15.8. The molecule has 0 aliphatic carbocycles. The van der Waals surface area contributed by atoms with E-state index in [9.17, 15) is 17.6 Å². The Morgan fingerprint density at radius 2 is 1.39 bits per heavy atom. The average Bonchev–Trinajstić information content (AvgIpc) is 2.79. The van der Waals surface area contributed by atoms with Crippen LogP contribution in [0.25, 0.3) is 21.9 Å². The Balaban J connectivity index is 1.54. The summed E-state index contributed by atoms with van der Waals surface area (Å²) in [5.41, 5.74) is 5.09. The fourth-order valence-corrected chi connectivity index (χ4v) is 4.07. The number of halogens is 4. The summed E-state index contributed by atoms with van der Waals surface area (Å²) in [5, 5.41) is 1.91. The van der Waals surface area contributed by atoms with E-state index < -0.39 is 17.9 Å². The molecular weight excluding hydrogens is 428 g/mol. The van der Waals surface area contributed by atoms with E-state index in [1.807, 2.05) is 24.3 Å². The molecule has 0 aromatic heterocycles. The highest BCUT2D eigenvalue weighted by Gasteiger charge is 2.32. The van der Waals surface area contributed by atoms with Crippen molar-refractivity contribution in [3.63, 3.8) is 0 Å². The molecule has 0 amide bonds. The molecule has 0 spiro atoms. The van der Waals surface area contributed by atoms with Crippen molar-refractivity contribution in [2.75, 3.05) is 0 Å². The molecule has 1 nitrogen and oxygen atoms in total. The molecule has 170 valence electrons. The lowest BCUT2D eigenvalue weighted by Gasteiger charge is -2.12. The summed E-state index contributed by atoms with van der Waals surface area (Å²) in [5.74, 6) is -1.89. The standard InChI is InChI=1S/C28H24F4O/c1-2-4-19-7-9-20(10-8-19)11-12-21-13-15-25-22(17-21)5-3-6-24(25)23-14-16-27(26(29)18-23)33-28(30,31)32/h3,5-10,13-18H,2,4,11-12H2,1H3. The Labute approximate surface area is 190 Å². The molecule has 0 atom stereocenters. The highest BCUT2D eigenvalue weighted by atomic mass is 19.4. The van der Waals surface area contributed by atoms with Crippen LogP contribution in [0.4, 0.5) is 17.6 Å². The summed E-state index contributed by atoms with van der Waals surface area (Å²) in [6, 6.07) is 24.1. The van der Waals surface area contributed by atoms with Crippen molar-refractivity contribution in [3.8, 4) is 16.9 Å². The van der Waals surface area contributed by atoms with Gasteiger partial charge in [0.2, 0.25) is 0 Å². The van der Waals surface area contributed by atoms with Gasteiger partial charge in [0.25, 0.3) is 0 Å². The predicted octanol–water partition coefficient (Wildman–Crippen LogP) is 8.28. The molecule has 33 heavy (non-hydrogen) atoms. The van der Waals surface area contributed by atoms with E-state index in [2.05, 4.69) is 48.1 Å². The zero-order valence-electron chi connectivity index (χ0n) is 18.3. The average molecular weight is 452 g/mol. The van der Waals surface area contributed by atoms with E-state index in [-0.39, 0.29) is 0 Å². The van der Waals surface area contributed by atoms with Crippen LogP contribution in [0.2, 0.25) is 0 Å². The smallest absolute Gasteiger partial charge is 0.403 e. The summed E-state index contributed by atoms with van der Waals surface area (Å²) in [7, 11) is 0. The highest BCUT2D eigenvalue weighted by molar-refractivity contribution is 5.97. The number of hydrogen-bond acceptors (Lipinski definition) is 1. The van der Waals surface area contributed by atoms with Crippen molar-refractivity contribution in [1.29, 1.82) is 0 Å². The van der Waals surface area contributed by atoms with E-state index >= 15 is 0 Å². The zero-order chi connectivity index (χ0) is 23.4. The molecule has 0 saturated carbocycles. The summed E-state index contributed by atoms with van der Waals surface area (Å²) in [4.78, 5) is 0. The Hall–Kier alpha value is -3.34. The summed E-state index contributed by atoms with van der Waals surface area (Å²) >= 11 is 0. The molecule has 0 unspecified atom stereocenters. The number of hydrogen-bond donors (Lipinski definition) is 0. The third-order valence-corrected chi connectivity index (χ3v) is 5.68. The second kappa shape index (κ2) is 9.65. The van der Waals surface area contributed by atoms with Crippen molar-refractivity contribution < 1.29 is 22.3 Å². The molecular formula is C28H24F4O. The minimum atomic E-state index is -4.93. The van der Waals surface area contributed by atoms with Crippen LogP contribution in [0.3, 0.4) is 0 Å². The van der Waals surface area contributed by atoms with Gasteiger partial charge in [0.05, 0.1) is 0 Å². The van der Waals surface area contributed by atoms with Crippen LogP contribution in [0.1, 0.15) is 30.0 Å². The maximum Gasteiger partial charge on any atom is 0.573 e. The predicted molar refractivity (Wildman–Crippen MR) is 124 cm³/mol. The molecule has 0 fully saturated rings. The van der Waals surface area contributed by atoms with Crippen molar-refractivity contribution in [3.05, 3.63) is 101 Å². The Bertz CT molecular complexity index is 1240. The van der Waals surface area contributed by atoms with Gasteiger partial charge < -0.3 is 4.74 Å². The van der Waals surface area contributed by atoms with Crippen LogP contribution in [-0.4, -0.2) is 6.36 Å². The van der Waals surface area contributed by atoms with Gasteiger partial charge in [-0.1, -0.05) is 80.1 Å². The fourth-order valence-electron chi connectivity index (χ4n) is 4.07. The van der Waals surface area contributed by atoms with E-state index in [0.717, 1.165) is 54.2 Å². The van der Waals surface area contributed by atoms with Gasteiger partial charge in [-0.3, -0.25) is 0 Å². The van der Waals surface area contributed by atoms with E-state index in [4.69, 9.17) is 0 Å². The van der Waals surface area contributed by atoms with Gasteiger partial charge in [0.15, 0.2) is 11.6 Å². The number of aryl methyl sites for hydroxylation is 3. The Morgan fingerprint density at radius 3 is 2.06 bits per heavy atom. The molecule has 0 N–H and O–H groups in total. The summed E-state index contributed by atoms with van der Waals surface area (Å²) in [6.45, 7) is 2.17. The lowest BCUT2D eigenvalue weighted by Crippen LogP contribution is -2.17. The first kappa shape index (κ1) is 22.8. The van der Waals surface area contributed by atoms with Gasteiger partial charge in [0.1, 0.15) is 0 Å². The van der Waals surface area contributed by atoms with Crippen LogP contribution in [0.15, 0.2) is 78.9 Å². The second-order valence-electron chi connectivity index (χ2n) is 8.12. The number of rotatable bonds is 7. The topological polar surface area (TPSA) is 9.23 Å². The number of ether oxygens (including phenoxy) is 1. The minimum absolute atomic E-state index is 0.493. The number of benzene rings is 4. The molecule has 4 rings (SSSR count). The van der Waals surface area contributed by atoms with Gasteiger partial charge in [-0.25, -0.2) is 4.39 Å². The monoisotopic (exact) mass is 452 g/mol. The Morgan fingerprint density at radius 1 is 0.727 bits per heavy atom. The molecule has 0 aliphatic rings. The zero-order valence-corrected chi connectivity index (χ0v) is 18.3. The van der Waals surface area contributed by atoms with Gasteiger partial charge in [0, 0.05) is 0 Å². The van der Waals surface area contributed by atoms with Crippen LogP contribution in [0.5, 0.6) is 5.75 Å². The van der Waals surface area contributed by atoms with Crippen molar-refractivity contribution in [2.24, 2.45) is 0 Å². The largest absolute Gasteiger partial charge is 0.573 e. The van der Waals surface area contributed by atoms with Gasteiger partial charge in [-0.15, -0.1) is 13.2 Å². The Kier molecular flexibility index (Phi) is 6.68. The maximum atomic E-state index is 14.2. The second-order valence-corrected chi connectivity index (χ2v) is 8.12. The first-order valence-corrected chi connectivity index (χ1v) is 11.0. The molecule has 5 heteroatoms. The molecule has 0 radical (unpaired) electrons. The molecule has 0 saturated heterocycles. The lowest BCUT2D eigenvalue weighted by molar-refractivity contribution is -0.275. The van der Waals surface area contributed by atoms with Crippen LogP contribution in [-0.2, 0) is 19.3 Å². The molecule has 0 aliphatic heterocycles. The minimum Gasteiger partial charge on any atom is -0.403 e. The van der Waals surface area contributed by atoms with E-state index in [1.54, 1.807) is 0 Å². The fraction of sp³-hybridized carbons (Fsp3) is 0.214. The quantitative estimate of drug-likeness (QED) is 0.256. The SMILES string of the molecule is CCCc1ccc(CCc2ccc3c(-c4ccc(OC(F)(F)F)c(F)c4)cccc3c2)cc1. The third-order valence-electron chi connectivity index (χ3n) is 5.68. The van der Waals surface area contributed by atoms with Crippen LogP contribution < -0.4 is 4.74 Å². The number of alkyl halides is 3. The molecule has 0 heterocycles. The van der Waals surface area contributed by atoms with Crippen molar-refractivity contribution >= 4 is 10.8 Å². The molecule has 4 aromatic carbocycles. The van der Waals surface area contributed by atoms with Crippen molar-refractivity contribution in [2.45, 2.75) is 39.0 Å². The third kappa shape index (κ3) is 5.72. The van der Waals surface area contributed by atoms with E-state index in [1.165, 1.54) is 22.8 Å². The van der Waals surface area contributed by atoms with Gasteiger partial charge >= 0.3 is 6.36 Å². The number of fused-ring (bicyclic) bond motifs is 1. The van der Waals surface area contributed by atoms with Gasteiger partial charge in [-0.2, -0.15) is 0 Å². The van der Waals surface area contributed by atoms with Crippen LogP contribution in [0, 0.1) is 5.82 Å². The lowest BCUT2D eigenvalue weighted by atomic mass is 9.95. The maximum absolute atomic E-state index is 14.2. The van der Waals surface area contributed by atoms with Crippen LogP contribution >= 0.6 is 0 Å². The van der Waals surface area contributed by atoms with Crippen molar-refractivity contribution in [1.82, 2.24) is 0 Å². The van der Waals surface area contributed by atoms with E-state index in [0.29, 0.717) is 5.56 Å². The van der Waals surface area contributed by atoms with Gasteiger partial charge in [-0.05, 0) is 70.0 Å². The highest BCUT2D eigenvalue weighted by Crippen LogP contribution is 2.33. The first-order valence-electron chi connectivity index (χ1n) is 11.0.